The van der Waals surface area contributed by atoms with Gasteiger partial charge in [0, 0.05) is 47.7 Å². The zero-order chi connectivity index (χ0) is 41.2. The van der Waals surface area contributed by atoms with Crippen molar-refractivity contribution in [1.29, 1.82) is 0 Å². The molecule has 9 aromatic rings. The highest BCUT2D eigenvalue weighted by molar-refractivity contribution is 5.96. The molecule has 0 radical (unpaired) electrons. The summed E-state index contributed by atoms with van der Waals surface area (Å²) in [4.78, 5) is 15.1. The van der Waals surface area contributed by atoms with Gasteiger partial charge in [-0.1, -0.05) is 100 Å². The average molecular weight is 781 g/mol. The van der Waals surface area contributed by atoms with Crippen LogP contribution in [0.15, 0.2) is 146 Å². The summed E-state index contributed by atoms with van der Waals surface area (Å²) in [6, 6.07) is 52.5. The van der Waals surface area contributed by atoms with E-state index in [1.807, 2.05) is 0 Å². The van der Waals surface area contributed by atoms with Crippen LogP contribution in [0.25, 0.3) is 44.3 Å². The number of hydrogen-bond donors (Lipinski definition) is 0. The first-order valence-corrected chi connectivity index (χ1v) is 21.0. The minimum Gasteiger partial charge on any atom is -0.313 e. The van der Waals surface area contributed by atoms with Crippen LogP contribution in [0, 0.1) is 13.8 Å². The molecule has 0 fully saturated rings. The lowest BCUT2D eigenvalue weighted by atomic mass is 9.72. The third kappa shape index (κ3) is 5.00. The lowest BCUT2D eigenvalue weighted by Gasteiger charge is -2.32. The fraction of sp³-hybridized carbons (Fsp3) is 0.185. The van der Waals surface area contributed by atoms with Gasteiger partial charge in [-0.25, -0.2) is 9.97 Å². The zero-order valence-corrected chi connectivity index (χ0v) is 35.5. The molecule has 0 aliphatic heterocycles. The van der Waals surface area contributed by atoms with Crippen LogP contribution < -0.4 is 9.80 Å². The summed E-state index contributed by atoms with van der Waals surface area (Å²) < 4.78 is 4.42. The van der Waals surface area contributed by atoms with Crippen molar-refractivity contribution in [3.8, 4) is 22.3 Å². The second-order valence-corrected chi connectivity index (χ2v) is 17.8. The monoisotopic (exact) mass is 780 g/mol. The lowest BCUT2D eigenvalue weighted by Crippen LogP contribution is -2.24. The first-order valence-electron chi connectivity index (χ1n) is 21.0. The molecule has 6 heteroatoms. The van der Waals surface area contributed by atoms with E-state index in [-0.39, 0.29) is 10.8 Å². The number of para-hydroxylation sites is 6. The predicted octanol–water partition coefficient (Wildman–Crippen LogP) is 13.6. The van der Waals surface area contributed by atoms with Crippen LogP contribution in [-0.2, 0) is 24.9 Å². The number of aryl methyl sites for hydroxylation is 4. The maximum Gasteiger partial charge on any atom is 0.215 e. The molecule has 0 atom stereocenters. The first-order chi connectivity index (χ1) is 28.9. The summed E-state index contributed by atoms with van der Waals surface area (Å²) in [5, 5.41) is 0. The van der Waals surface area contributed by atoms with E-state index in [0.29, 0.717) is 0 Å². The molecule has 0 saturated carbocycles. The number of nitrogens with zero attached hydrogens (tertiary/aromatic N) is 6. The van der Waals surface area contributed by atoms with E-state index in [2.05, 4.69) is 220 Å². The van der Waals surface area contributed by atoms with Gasteiger partial charge in [0.2, 0.25) is 11.9 Å². The maximum absolute atomic E-state index is 5.22. The first kappa shape index (κ1) is 36.2. The van der Waals surface area contributed by atoms with Crippen molar-refractivity contribution in [2.75, 3.05) is 9.80 Å². The number of hydrogen-bond acceptors (Lipinski definition) is 4. The molecule has 0 bridgehead atoms. The van der Waals surface area contributed by atoms with Crippen molar-refractivity contribution >= 4 is 56.7 Å². The fourth-order valence-corrected chi connectivity index (χ4v) is 10.7. The van der Waals surface area contributed by atoms with E-state index in [0.717, 1.165) is 56.7 Å². The molecule has 2 aliphatic rings. The van der Waals surface area contributed by atoms with Gasteiger partial charge in [-0.3, -0.25) is 9.80 Å². The number of fused-ring (bicyclic) bond motifs is 9. The van der Waals surface area contributed by atoms with Gasteiger partial charge < -0.3 is 9.13 Å². The van der Waals surface area contributed by atoms with Gasteiger partial charge in [0.15, 0.2) is 0 Å². The molecule has 0 spiro atoms. The van der Waals surface area contributed by atoms with Crippen molar-refractivity contribution in [3.05, 3.63) is 179 Å². The van der Waals surface area contributed by atoms with E-state index >= 15 is 0 Å². The Hall–Kier alpha value is -6.92. The smallest absolute Gasteiger partial charge is 0.215 e. The zero-order valence-electron chi connectivity index (χ0n) is 35.5. The summed E-state index contributed by atoms with van der Waals surface area (Å²) in [5.41, 5.74) is 21.5. The van der Waals surface area contributed by atoms with Crippen LogP contribution in [0.4, 0.5) is 34.6 Å². The highest BCUT2D eigenvalue weighted by atomic mass is 15.3. The Bertz CT molecular complexity index is 2990. The Morgan fingerprint density at radius 1 is 0.433 bits per heavy atom. The summed E-state index contributed by atoms with van der Waals surface area (Å²) in [6.07, 6.45) is 0. The minimum atomic E-state index is -0.273. The largest absolute Gasteiger partial charge is 0.313 e. The van der Waals surface area contributed by atoms with E-state index in [1.54, 1.807) is 0 Å². The molecule has 6 nitrogen and oxygen atoms in total. The second kappa shape index (κ2) is 12.8. The molecule has 0 amide bonds. The van der Waals surface area contributed by atoms with Crippen molar-refractivity contribution in [2.45, 2.75) is 52.4 Å². The van der Waals surface area contributed by atoms with Gasteiger partial charge >= 0.3 is 0 Å². The van der Waals surface area contributed by atoms with Crippen LogP contribution >= 0.6 is 0 Å². The topological polar surface area (TPSA) is 42.1 Å². The van der Waals surface area contributed by atoms with Gasteiger partial charge in [-0.05, 0) is 142 Å². The minimum absolute atomic E-state index is 0.273. The quantitative estimate of drug-likeness (QED) is 0.169. The number of aromatic nitrogens is 4. The Morgan fingerprint density at radius 2 is 0.800 bits per heavy atom. The summed E-state index contributed by atoms with van der Waals surface area (Å²) in [5.74, 6) is 1.78. The fourth-order valence-electron chi connectivity index (χ4n) is 10.7. The Balaban J connectivity index is 1.07. The maximum atomic E-state index is 5.22. The summed E-state index contributed by atoms with van der Waals surface area (Å²) >= 11 is 0. The molecule has 294 valence electrons. The van der Waals surface area contributed by atoms with Gasteiger partial charge in [-0.15, -0.1) is 0 Å². The van der Waals surface area contributed by atoms with E-state index in [1.165, 1.54) is 55.6 Å². The van der Waals surface area contributed by atoms with Crippen molar-refractivity contribution < 1.29 is 0 Å². The highest BCUT2D eigenvalue weighted by Crippen LogP contribution is 2.61. The molecule has 2 aliphatic carbocycles. The molecule has 0 N–H and O–H groups in total. The number of rotatable bonds is 6. The van der Waals surface area contributed by atoms with Gasteiger partial charge in [0.25, 0.3) is 0 Å². The third-order valence-electron chi connectivity index (χ3n) is 13.5. The van der Waals surface area contributed by atoms with Crippen LogP contribution in [0.1, 0.15) is 61.1 Å². The van der Waals surface area contributed by atoms with E-state index in [4.69, 9.17) is 9.97 Å². The van der Waals surface area contributed by atoms with Crippen LogP contribution in [0.3, 0.4) is 0 Å². The predicted molar refractivity (Wildman–Crippen MR) is 249 cm³/mol. The van der Waals surface area contributed by atoms with Crippen molar-refractivity contribution in [2.24, 2.45) is 14.1 Å². The summed E-state index contributed by atoms with van der Waals surface area (Å²) in [7, 11) is 4.24. The number of benzene rings is 7. The highest BCUT2D eigenvalue weighted by Gasteiger charge is 2.47. The molecule has 2 aromatic heterocycles. The molecule has 0 saturated heterocycles. The molecular weight excluding hydrogens is 733 g/mol. The third-order valence-corrected chi connectivity index (χ3v) is 13.5. The van der Waals surface area contributed by atoms with E-state index < -0.39 is 0 Å². The van der Waals surface area contributed by atoms with E-state index in [9.17, 15) is 0 Å². The van der Waals surface area contributed by atoms with Gasteiger partial charge in [-0.2, -0.15) is 0 Å². The summed E-state index contributed by atoms with van der Waals surface area (Å²) in [6.45, 7) is 14.3. The standard InChI is InChI=1S/C54H48N6/c1-33-29-37(59(35-19-11-9-12-20-35)51-55-43-23-15-17-25-45(43)57(51)7)31-41-47(33)39-27-28-40-48-34(2)30-38(32-42(48)54(5,6)50(40)49(39)53(41,3)4)60(36-21-13-10-14-22-36)52-56-44-24-16-18-26-46(44)58(52)8/h9-32H,1-8H3. The van der Waals surface area contributed by atoms with Gasteiger partial charge in [0.1, 0.15) is 0 Å². The SMILES string of the molecule is Cc1cc(N(c2ccccc2)c2nc3ccccc3n2C)cc2c1-c1ccc3c(c1C2(C)C)C(C)(C)c1cc(N(c2ccccc2)c2nc4ccccc4n2C)cc(C)c1-3. The molecule has 2 heterocycles. The second-order valence-electron chi connectivity index (χ2n) is 17.8. The van der Waals surface area contributed by atoms with Crippen LogP contribution in [0.5, 0.6) is 0 Å². The molecule has 0 unspecified atom stereocenters. The number of imidazole rings is 2. The molecule has 7 aromatic carbocycles. The van der Waals surface area contributed by atoms with Crippen LogP contribution in [0.2, 0.25) is 0 Å². The van der Waals surface area contributed by atoms with Crippen molar-refractivity contribution in [1.82, 2.24) is 19.1 Å². The Kier molecular flexibility index (Phi) is 7.71. The number of anilines is 6. The lowest BCUT2D eigenvalue weighted by molar-refractivity contribution is 0.601. The molecule has 60 heavy (non-hydrogen) atoms. The normalized spacial score (nSPS) is 14.3. The van der Waals surface area contributed by atoms with Gasteiger partial charge in [0.05, 0.1) is 22.1 Å². The Labute approximate surface area is 352 Å². The molecule has 11 rings (SSSR count). The Morgan fingerprint density at radius 3 is 1.18 bits per heavy atom. The van der Waals surface area contributed by atoms with Crippen molar-refractivity contribution in [3.63, 3.8) is 0 Å². The molecular formula is C54H48N6. The van der Waals surface area contributed by atoms with Crippen LogP contribution in [-0.4, -0.2) is 19.1 Å². The average Bonchev–Trinajstić information content (AvgIpc) is 3.90.